The van der Waals surface area contributed by atoms with Crippen molar-refractivity contribution >= 4 is 38.5 Å². The van der Waals surface area contributed by atoms with Gasteiger partial charge in [-0.2, -0.15) is 0 Å². The molecule has 0 saturated carbocycles. The lowest BCUT2D eigenvalue weighted by atomic mass is 9.87. The maximum Gasteiger partial charge on any atom is 0.171 e. The van der Waals surface area contributed by atoms with Crippen LogP contribution in [0.3, 0.4) is 0 Å². The number of fused-ring (bicyclic) bond motifs is 1. The van der Waals surface area contributed by atoms with Gasteiger partial charge in [0, 0.05) is 38.1 Å². The molecular formula is C17H26BN3O2Si. The van der Waals surface area contributed by atoms with Gasteiger partial charge >= 0.3 is 0 Å². The second-order valence-corrected chi connectivity index (χ2v) is 14.0. The number of ketones is 1. The minimum atomic E-state index is -1.13. The quantitative estimate of drug-likeness (QED) is 0.460. The molecule has 2 aromatic heterocycles. The van der Waals surface area contributed by atoms with E-state index in [0.717, 1.165) is 6.04 Å². The van der Waals surface area contributed by atoms with E-state index in [0.29, 0.717) is 35.7 Å². The molecule has 0 aliphatic rings. The molecule has 7 heteroatoms. The van der Waals surface area contributed by atoms with Crippen molar-refractivity contribution in [3.63, 3.8) is 0 Å². The summed E-state index contributed by atoms with van der Waals surface area (Å²) < 4.78 is 7.64. The largest absolute Gasteiger partial charge is 0.361 e. The van der Waals surface area contributed by atoms with Crippen LogP contribution < -0.4 is 5.59 Å². The third-order valence-electron chi connectivity index (χ3n) is 3.74. The second kappa shape index (κ2) is 6.80. The number of Topliss-reactive ketones (excluding diaryl/α,β-unsaturated/α-hetero) is 1. The highest BCUT2D eigenvalue weighted by molar-refractivity contribution is 6.76. The number of carbonyl (C=O) groups is 1. The van der Waals surface area contributed by atoms with Crippen molar-refractivity contribution < 1.29 is 9.53 Å². The normalized spacial score (nSPS) is 12.8. The summed E-state index contributed by atoms with van der Waals surface area (Å²) in [5, 5.41) is 0. The summed E-state index contributed by atoms with van der Waals surface area (Å²) in [5.41, 5.74) is 1.53. The van der Waals surface area contributed by atoms with E-state index >= 15 is 0 Å². The van der Waals surface area contributed by atoms with E-state index in [4.69, 9.17) is 12.6 Å². The number of aromatic nitrogens is 3. The fourth-order valence-corrected chi connectivity index (χ4v) is 3.03. The lowest BCUT2D eigenvalue weighted by Gasteiger charge is -2.16. The first-order valence-corrected chi connectivity index (χ1v) is 11.9. The molecule has 24 heavy (non-hydrogen) atoms. The number of hydrogen-bond acceptors (Lipinski definition) is 4. The number of hydrogen-bond donors (Lipinski definition) is 0. The molecule has 0 spiro atoms. The van der Waals surface area contributed by atoms with Crippen LogP contribution >= 0.6 is 0 Å². The van der Waals surface area contributed by atoms with Crippen molar-refractivity contribution in [1.82, 2.24) is 14.5 Å². The van der Waals surface area contributed by atoms with Crippen molar-refractivity contribution in [2.75, 3.05) is 6.61 Å². The number of rotatable bonds is 6. The van der Waals surface area contributed by atoms with Gasteiger partial charge in [-0.15, -0.1) is 0 Å². The summed E-state index contributed by atoms with van der Waals surface area (Å²) in [7, 11) is 4.63. The molecule has 0 fully saturated rings. The molecule has 0 amide bonds. The molecule has 0 aliphatic carbocycles. The number of nitrogens with zero attached hydrogens (tertiary/aromatic N) is 3. The maximum atomic E-state index is 12.7. The Morgan fingerprint density at radius 3 is 2.58 bits per heavy atom. The second-order valence-electron chi connectivity index (χ2n) is 8.41. The van der Waals surface area contributed by atoms with Gasteiger partial charge in [0.2, 0.25) is 0 Å². The molecule has 2 heterocycles. The smallest absolute Gasteiger partial charge is 0.171 e. The summed E-state index contributed by atoms with van der Waals surface area (Å²) >= 11 is 0. The Morgan fingerprint density at radius 2 is 2.00 bits per heavy atom. The Labute approximate surface area is 146 Å². The van der Waals surface area contributed by atoms with Crippen LogP contribution in [0.4, 0.5) is 0 Å². The van der Waals surface area contributed by atoms with Crippen molar-refractivity contribution in [2.24, 2.45) is 5.41 Å². The van der Waals surface area contributed by atoms with Gasteiger partial charge < -0.3 is 9.30 Å². The highest BCUT2D eigenvalue weighted by Gasteiger charge is 2.27. The van der Waals surface area contributed by atoms with Crippen LogP contribution in [0.1, 0.15) is 31.1 Å². The van der Waals surface area contributed by atoms with E-state index in [1.54, 1.807) is 6.20 Å². The van der Waals surface area contributed by atoms with E-state index in [-0.39, 0.29) is 5.78 Å². The Morgan fingerprint density at radius 1 is 1.33 bits per heavy atom. The van der Waals surface area contributed by atoms with E-state index in [1.807, 2.05) is 25.3 Å². The maximum absolute atomic E-state index is 12.7. The van der Waals surface area contributed by atoms with E-state index in [2.05, 4.69) is 29.6 Å². The predicted octanol–water partition coefficient (Wildman–Crippen LogP) is 2.77. The van der Waals surface area contributed by atoms with Crippen LogP contribution in [0.2, 0.25) is 25.7 Å². The average Bonchev–Trinajstić information content (AvgIpc) is 2.78. The van der Waals surface area contributed by atoms with Crippen LogP contribution in [0.15, 0.2) is 12.4 Å². The molecule has 2 radical (unpaired) electrons. The SMILES string of the molecule is [B]c1cnc2c(n1)c(C(=O)C(C)(C)C)cn2COCC[Si](C)(C)C. The molecule has 128 valence electrons. The first-order valence-electron chi connectivity index (χ1n) is 8.23. The minimum absolute atomic E-state index is 0.0215. The zero-order valence-corrected chi connectivity index (χ0v) is 16.5. The van der Waals surface area contributed by atoms with E-state index in [9.17, 15) is 4.79 Å². The van der Waals surface area contributed by atoms with Crippen molar-refractivity contribution in [3.05, 3.63) is 18.0 Å². The highest BCUT2D eigenvalue weighted by atomic mass is 28.3. The molecule has 0 aromatic carbocycles. The van der Waals surface area contributed by atoms with Gasteiger partial charge in [-0.05, 0) is 6.04 Å². The molecule has 0 aliphatic heterocycles. The molecule has 0 bridgehead atoms. The number of ether oxygens (including phenoxy) is 1. The molecular weight excluding hydrogens is 317 g/mol. The van der Waals surface area contributed by atoms with Crippen LogP contribution in [0.5, 0.6) is 0 Å². The highest BCUT2D eigenvalue weighted by Crippen LogP contribution is 2.26. The first-order chi connectivity index (χ1) is 11.0. The topological polar surface area (TPSA) is 57.0 Å². The lowest BCUT2D eigenvalue weighted by molar-refractivity contribution is 0.0849. The monoisotopic (exact) mass is 343 g/mol. The molecule has 2 rings (SSSR count). The zero-order valence-electron chi connectivity index (χ0n) is 15.5. The predicted molar refractivity (Wildman–Crippen MR) is 101 cm³/mol. The lowest BCUT2D eigenvalue weighted by Crippen LogP contribution is -2.22. The molecule has 0 N–H and O–H groups in total. The van der Waals surface area contributed by atoms with Crippen LogP contribution in [-0.2, 0) is 11.5 Å². The first kappa shape index (κ1) is 18.9. The zero-order chi connectivity index (χ0) is 18.1. The van der Waals surface area contributed by atoms with Crippen LogP contribution in [-0.4, -0.2) is 42.8 Å². The van der Waals surface area contributed by atoms with Gasteiger partial charge in [-0.1, -0.05) is 40.4 Å². The Bertz CT molecular complexity index is 745. The van der Waals surface area contributed by atoms with Gasteiger partial charge in [0.05, 0.1) is 5.56 Å². The summed E-state index contributed by atoms with van der Waals surface area (Å²) in [6.07, 6.45) is 3.29. The molecule has 0 saturated heterocycles. The summed E-state index contributed by atoms with van der Waals surface area (Å²) in [6, 6.07) is 1.10. The fraction of sp³-hybridized carbons (Fsp3) is 0.588. The van der Waals surface area contributed by atoms with Gasteiger partial charge in [-0.25, -0.2) is 4.98 Å². The van der Waals surface area contributed by atoms with Gasteiger partial charge in [0.25, 0.3) is 0 Å². The molecule has 2 aromatic rings. The Hall–Kier alpha value is -1.47. The third kappa shape index (κ3) is 4.54. The Balaban J connectivity index is 2.29. The number of carbonyl (C=O) groups excluding carboxylic acids is 1. The van der Waals surface area contributed by atoms with Crippen LogP contribution in [0.25, 0.3) is 11.2 Å². The van der Waals surface area contributed by atoms with Crippen molar-refractivity contribution in [2.45, 2.75) is 53.2 Å². The third-order valence-corrected chi connectivity index (χ3v) is 5.44. The summed E-state index contributed by atoms with van der Waals surface area (Å²) in [6.45, 7) is 13.7. The summed E-state index contributed by atoms with van der Waals surface area (Å²) in [5.74, 6) is 0.0215. The standard InChI is InChI=1S/C17H26BN3O2Si/c1-17(2,3)15(22)12-10-21(11-23-7-8-24(4,5)6)16-14(12)20-13(18)9-19-16/h9-10H,7-8,11H2,1-6H3. The molecule has 0 unspecified atom stereocenters. The summed E-state index contributed by atoms with van der Waals surface area (Å²) in [4.78, 5) is 21.4. The van der Waals surface area contributed by atoms with Crippen molar-refractivity contribution in [3.8, 4) is 0 Å². The molecule has 0 atom stereocenters. The van der Waals surface area contributed by atoms with Gasteiger partial charge in [0.1, 0.15) is 20.1 Å². The van der Waals surface area contributed by atoms with Crippen molar-refractivity contribution in [1.29, 1.82) is 0 Å². The minimum Gasteiger partial charge on any atom is -0.361 e. The van der Waals surface area contributed by atoms with E-state index < -0.39 is 13.5 Å². The molecule has 5 nitrogen and oxygen atoms in total. The van der Waals surface area contributed by atoms with E-state index in [1.165, 1.54) is 6.20 Å². The fourth-order valence-electron chi connectivity index (χ4n) is 2.28. The van der Waals surface area contributed by atoms with Crippen LogP contribution in [0, 0.1) is 5.41 Å². The van der Waals surface area contributed by atoms with Gasteiger partial charge in [0.15, 0.2) is 11.4 Å². The average molecular weight is 343 g/mol. The van der Waals surface area contributed by atoms with Gasteiger partial charge in [-0.3, -0.25) is 9.78 Å². The Kier molecular flexibility index (Phi) is 5.35.